The van der Waals surface area contributed by atoms with Gasteiger partial charge in [-0.25, -0.2) is 24.0 Å². The number of rotatable bonds is 8. The van der Waals surface area contributed by atoms with Crippen LogP contribution in [0.5, 0.6) is 0 Å². The molecular formula is C45H72Cl4N4O25Pt3. The van der Waals surface area contributed by atoms with Crippen molar-refractivity contribution in [1.29, 1.82) is 0 Å². The van der Waals surface area contributed by atoms with Crippen molar-refractivity contribution in [3.63, 3.8) is 0 Å². The first-order valence-corrected chi connectivity index (χ1v) is 29.2. The molecule has 0 aromatic carbocycles. The zero-order chi connectivity index (χ0) is 64.0. The van der Waals surface area contributed by atoms with Gasteiger partial charge in [0, 0.05) is 40.0 Å². The molecule has 1 saturated heterocycles. The Kier molecular flexibility index (Phi) is 81.9. The van der Waals surface area contributed by atoms with Crippen LogP contribution in [0, 0.1) is 38.5 Å². The van der Waals surface area contributed by atoms with E-state index in [1.54, 1.807) is 0 Å². The van der Waals surface area contributed by atoms with Gasteiger partial charge in [-0.1, -0.05) is 77.0 Å². The number of hydrogen-bond acceptors (Lipinski definition) is 15. The first kappa shape index (κ1) is 99.2. The van der Waals surface area contributed by atoms with Gasteiger partial charge in [0.1, 0.15) is 5.88 Å². The Morgan fingerprint density at radius 3 is 0.840 bits per heavy atom. The number of carbonyl (C=O) groups excluding carboxylic acids is 4. The molecular weight excluding hydrogens is 1720 g/mol. The fourth-order valence-corrected chi connectivity index (χ4v) is 4.94. The first-order chi connectivity index (χ1) is 36.2. The molecule has 4 fully saturated rings. The van der Waals surface area contributed by atoms with Crippen LogP contribution in [-0.2, 0) is 131 Å². The molecule has 1 aliphatic heterocycles. The minimum absolute atomic E-state index is 0. The number of hydrogen-bond donors (Lipinski definition) is 10. The van der Waals surface area contributed by atoms with E-state index >= 15 is 0 Å². The van der Waals surface area contributed by atoms with Crippen LogP contribution in [0.1, 0.15) is 136 Å². The molecule has 4 aliphatic rings. The van der Waals surface area contributed by atoms with Crippen molar-refractivity contribution >= 4 is 125 Å². The minimum atomic E-state index is -1.82. The molecule has 0 spiro atoms. The maximum atomic E-state index is 11.0. The quantitative estimate of drug-likeness (QED) is 0.0367. The summed E-state index contributed by atoms with van der Waals surface area (Å²) in [5, 5.41) is 75.4. The number of nitrogens with one attached hydrogen (secondary N) is 3. The first-order valence-electron chi connectivity index (χ1n) is 22.6. The van der Waals surface area contributed by atoms with E-state index in [1.165, 1.54) is 57.8 Å². The molecule has 1 heterocycles. The summed E-state index contributed by atoms with van der Waals surface area (Å²) in [5.74, 6) is -14.0. The molecule has 0 aromatic rings. The van der Waals surface area contributed by atoms with Crippen LogP contribution in [0.3, 0.4) is 0 Å². The van der Waals surface area contributed by atoms with Gasteiger partial charge in [0.25, 0.3) is 29.7 Å². The van der Waals surface area contributed by atoms with Gasteiger partial charge >= 0.3 is 125 Å². The fourth-order valence-electron chi connectivity index (χ4n) is 4.84. The maximum absolute atomic E-state index is 11.0. The van der Waals surface area contributed by atoms with E-state index in [0.29, 0.717) is 22.8 Å². The number of aliphatic carboxylic acids is 10. The molecule has 3 aliphatic carbocycles. The summed E-state index contributed by atoms with van der Waals surface area (Å²) < 4.78 is 0. The Bertz CT molecular complexity index is 1640. The Balaban J connectivity index is -0.0000000870. The Labute approximate surface area is 523 Å². The third-order valence-corrected chi connectivity index (χ3v) is 8.90. The summed E-state index contributed by atoms with van der Waals surface area (Å²) in [6.07, 6.45) is 13.4. The summed E-state index contributed by atoms with van der Waals surface area (Å²) in [6, 6.07) is 0.427. The second kappa shape index (κ2) is 66.9. The van der Waals surface area contributed by atoms with Gasteiger partial charge in [0.2, 0.25) is 5.24 Å². The zero-order valence-corrected chi connectivity index (χ0v) is 53.9. The summed E-state index contributed by atoms with van der Waals surface area (Å²) in [4.78, 5) is 140. The molecule has 6 atom stereocenters. The zero-order valence-electron chi connectivity index (χ0n) is 44.0. The van der Waals surface area contributed by atoms with E-state index in [9.17, 15) is 33.6 Å². The van der Waals surface area contributed by atoms with E-state index in [-0.39, 0.29) is 98.2 Å². The van der Waals surface area contributed by atoms with Crippen molar-refractivity contribution in [3.8, 4) is 0 Å². The molecule has 0 bridgehead atoms. The number of hydroxylamine groups is 2. The van der Waals surface area contributed by atoms with E-state index < -0.39 is 106 Å². The number of halogens is 4. The second-order valence-electron chi connectivity index (χ2n) is 15.5. The summed E-state index contributed by atoms with van der Waals surface area (Å²) in [6.45, 7) is 14.9. The molecule has 4 rings (SSSR count). The van der Waals surface area contributed by atoms with Crippen LogP contribution >= 0.6 is 42.0 Å². The van der Waals surface area contributed by atoms with Crippen LogP contribution in [0.4, 0.5) is 0 Å². The summed E-state index contributed by atoms with van der Waals surface area (Å²) >= 11 is 9.08. The van der Waals surface area contributed by atoms with E-state index in [2.05, 4.69) is 25.6 Å². The van der Waals surface area contributed by atoms with Gasteiger partial charge in [-0.05, 0) is 11.6 Å². The van der Waals surface area contributed by atoms with E-state index in [1.807, 2.05) is 0 Å². The normalized spacial score (nSPS) is 18.3. The second-order valence-corrected chi connectivity index (χ2v) is 19.5. The average molecular weight is 1800 g/mol. The van der Waals surface area contributed by atoms with Gasteiger partial charge in [0.05, 0.1) is 19.3 Å². The van der Waals surface area contributed by atoms with Gasteiger partial charge in [-0.15, -0.1) is 16.7 Å². The van der Waals surface area contributed by atoms with Crippen molar-refractivity contribution in [1.82, 2.24) is 5.06 Å². The van der Waals surface area contributed by atoms with Crippen LogP contribution in [0.2, 0.25) is 0 Å². The minimum Gasteiger partial charge on any atom is 2.00 e. The number of carbonyl (C=O) groups is 14. The maximum Gasteiger partial charge on any atom is 2.00 e. The fraction of sp³-hybridized carbons (Fsp3) is 0.622. The molecule has 0 aromatic heterocycles. The number of amides is 2. The van der Waals surface area contributed by atoms with Crippen molar-refractivity contribution in [2.45, 2.75) is 154 Å². The standard InChI is InChI=1S/C8H9NO6.3C7H13N.C4H5ClO3.C2H3ClO2.2C2H2O4.3C2H4O2.2ClH.3Pt/c10-5-1-2-6(11)9(5)15-8(14)4-3-7(12)13;3*1-6-4-2-3-5-7(6)8;5-3(6)1-2-4(7)8;3-1-2(4)5;2*3-1(4)2(5)6;3*1-2(3)4;;;;;/h1-4H2,(H,12,13);3*6-8H,1-5H2;1-2H2,(H,7,8);1H2,(H,4,5);2*(H,3,4)(H,5,6);3*1H3,(H,3,4);2*1H;;;/q;3*-2;;;;;;;;;;2*+2;+4/p-2/t;3*6-,7-;;;;;;;;;;;;/m.111............/s1. The van der Waals surface area contributed by atoms with Crippen molar-refractivity contribution in [3.05, 3.63) is 38.0 Å². The number of imide groups is 1. The molecule has 13 N–H and O–H groups in total. The van der Waals surface area contributed by atoms with Crippen LogP contribution in [-0.4, -0.2) is 163 Å². The Morgan fingerprint density at radius 2 is 0.704 bits per heavy atom. The predicted molar refractivity (Wildman–Crippen MR) is 279 cm³/mol. The number of carboxylic acids is 10. The van der Waals surface area contributed by atoms with Gasteiger partial charge in [0.15, 0.2) is 0 Å². The molecule has 81 heavy (non-hydrogen) atoms. The topological polar surface area (TPSA) is 525 Å². The third-order valence-electron chi connectivity index (χ3n) is 8.48. The SMILES string of the molecule is CC(=O)O.CC(=O)O.CC(=O)O.O=C(O)C(=O)O.O=C(O)C(=O)O.O=C(O)CCC(=O)Cl.O=C(O)CCC(=O)ON1C(=O)CCC1=O.O=C(O)CCl.[CH2-][C@@H]1CCCC[C@H]1[NH-].[CH2-][C@@H]1CCCC[C@H]1[NH-].[CH2-][C@@H]1CCCC[C@H]1[NH-].[Cl][Pt+2][Cl].[Pt+2].[Pt+2]. The Hall–Kier alpha value is -3.92. The summed E-state index contributed by atoms with van der Waals surface area (Å²) in [7, 11) is 9.75. The van der Waals surface area contributed by atoms with E-state index in [0.717, 1.165) is 40.0 Å². The molecule has 0 radical (unpaired) electrons. The van der Waals surface area contributed by atoms with Crippen molar-refractivity contribution < 1.29 is 182 Å². The Morgan fingerprint density at radius 1 is 0.494 bits per heavy atom. The smallest absolute Gasteiger partial charge is 2.00 e. The van der Waals surface area contributed by atoms with Crippen LogP contribution < -0.4 is 0 Å². The molecule has 0 unspecified atom stereocenters. The molecule has 29 nitrogen and oxygen atoms in total. The molecule has 2 amide bonds. The van der Waals surface area contributed by atoms with Gasteiger partial charge < -0.3 is 93.9 Å². The van der Waals surface area contributed by atoms with E-state index in [4.69, 9.17) is 144 Å². The molecule has 480 valence electrons. The monoisotopic (exact) mass is 1790 g/mol. The van der Waals surface area contributed by atoms with Gasteiger partial charge in [-0.2, -0.15) is 35.9 Å². The number of nitrogens with zero attached hydrogens (tertiary/aromatic N) is 1. The number of alkyl halides is 1. The number of carboxylic acid groups (broad SMARTS) is 10. The summed E-state index contributed by atoms with van der Waals surface area (Å²) in [5.41, 5.74) is 22.2. The van der Waals surface area contributed by atoms with Gasteiger partial charge in [-0.3, -0.25) is 43.2 Å². The van der Waals surface area contributed by atoms with Crippen molar-refractivity contribution in [2.24, 2.45) is 17.8 Å². The molecule has 3 saturated carbocycles. The van der Waals surface area contributed by atoms with Crippen LogP contribution in [0.25, 0.3) is 17.2 Å². The van der Waals surface area contributed by atoms with Crippen LogP contribution in [0.15, 0.2) is 0 Å². The predicted octanol–water partition coefficient (Wildman–Crippen LogP) is 7.63. The third kappa shape index (κ3) is 95.6. The molecule has 36 heteroatoms. The van der Waals surface area contributed by atoms with Crippen molar-refractivity contribution in [2.75, 3.05) is 5.88 Å². The average Bonchev–Trinajstić information content (AvgIpc) is 3.64. The largest absolute Gasteiger partial charge is 2.00 e.